The first-order valence-corrected chi connectivity index (χ1v) is 6.67. The Balaban J connectivity index is 2.27. The Morgan fingerprint density at radius 2 is 2.25 bits per heavy atom. The van der Waals surface area contributed by atoms with Crippen LogP contribution in [0.5, 0.6) is 0 Å². The maximum Gasteiger partial charge on any atom is 0.275 e. The minimum Gasteiger partial charge on any atom is -0.396 e. The van der Waals surface area contributed by atoms with Crippen molar-refractivity contribution in [1.82, 2.24) is 20.2 Å². The Kier molecular flexibility index (Phi) is 4.16. The second kappa shape index (κ2) is 5.85. The van der Waals surface area contributed by atoms with E-state index in [-0.39, 0.29) is 35.7 Å². The van der Waals surface area contributed by atoms with Gasteiger partial charge < -0.3 is 16.0 Å². The summed E-state index contributed by atoms with van der Waals surface area (Å²) in [4.78, 5) is 33.8. The molecule has 1 fully saturated rings. The van der Waals surface area contributed by atoms with Crippen LogP contribution in [0.1, 0.15) is 42.5 Å². The van der Waals surface area contributed by atoms with Crippen molar-refractivity contribution in [2.45, 2.75) is 26.2 Å². The Bertz CT molecular complexity index is 529. The number of carbonyl (C=O) groups is 2. The highest BCUT2D eigenvalue weighted by Gasteiger charge is 2.24. The molecule has 0 aliphatic carbocycles. The molecule has 2 heterocycles. The number of amides is 2. The molecule has 2 amide bonds. The summed E-state index contributed by atoms with van der Waals surface area (Å²) in [6, 6.07) is 0. The number of hydrogen-bond acceptors (Lipinski definition) is 5. The van der Waals surface area contributed by atoms with E-state index in [2.05, 4.69) is 15.3 Å². The SMILES string of the molecule is CC(C)c1ncc(N)c(C(=O)N2CCCNC(=O)C2)n1. The van der Waals surface area contributed by atoms with Gasteiger partial charge in [0.05, 0.1) is 18.4 Å². The Hall–Kier alpha value is -2.18. The van der Waals surface area contributed by atoms with Crippen molar-refractivity contribution in [2.75, 3.05) is 25.4 Å². The van der Waals surface area contributed by atoms with E-state index >= 15 is 0 Å². The van der Waals surface area contributed by atoms with Crippen molar-refractivity contribution >= 4 is 17.5 Å². The fourth-order valence-electron chi connectivity index (χ4n) is 1.98. The highest BCUT2D eigenvalue weighted by Crippen LogP contribution is 2.16. The van der Waals surface area contributed by atoms with Crippen LogP contribution in [0.15, 0.2) is 6.20 Å². The fraction of sp³-hybridized carbons (Fsp3) is 0.538. The average molecular weight is 277 g/mol. The lowest BCUT2D eigenvalue weighted by atomic mass is 10.2. The standard InChI is InChI=1S/C13H19N5O2/c1-8(2)12-16-6-9(14)11(17-12)13(20)18-5-3-4-15-10(19)7-18/h6,8H,3-5,7,14H2,1-2H3,(H,15,19). The van der Waals surface area contributed by atoms with Gasteiger partial charge in [0, 0.05) is 19.0 Å². The van der Waals surface area contributed by atoms with Crippen LogP contribution in [-0.4, -0.2) is 46.3 Å². The van der Waals surface area contributed by atoms with Crippen molar-refractivity contribution in [2.24, 2.45) is 0 Å². The van der Waals surface area contributed by atoms with E-state index in [4.69, 9.17) is 5.73 Å². The van der Waals surface area contributed by atoms with Crippen molar-refractivity contribution in [1.29, 1.82) is 0 Å². The number of nitrogens with one attached hydrogen (secondary N) is 1. The van der Waals surface area contributed by atoms with Crippen molar-refractivity contribution in [3.63, 3.8) is 0 Å². The third-order valence-electron chi connectivity index (χ3n) is 3.10. The summed E-state index contributed by atoms with van der Waals surface area (Å²) in [5, 5.41) is 2.73. The summed E-state index contributed by atoms with van der Waals surface area (Å²) in [5.74, 6) is 0.202. The third-order valence-corrected chi connectivity index (χ3v) is 3.10. The van der Waals surface area contributed by atoms with Crippen LogP contribution in [0.2, 0.25) is 0 Å². The summed E-state index contributed by atoms with van der Waals surface area (Å²) in [7, 11) is 0. The first-order chi connectivity index (χ1) is 9.49. The van der Waals surface area contributed by atoms with E-state index in [0.717, 1.165) is 6.42 Å². The molecule has 7 nitrogen and oxygen atoms in total. The number of hydrogen-bond donors (Lipinski definition) is 2. The molecule has 1 aliphatic rings. The molecule has 1 aromatic rings. The Morgan fingerprint density at radius 3 is 2.95 bits per heavy atom. The summed E-state index contributed by atoms with van der Waals surface area (Å²) >= 11 is 0. The molecule has 1 saturated heterocycles. The number of carbonyl (C=O) groups excluding carboxylic acids is 2. The number of nitrogens with zero attached hydrogens (tertiary/aromatic N) is 3. The highest BCUT2D eigenvalue weighted by atomic mass is 16.2. The summed E-state index contributed by atoms with van der Waals surface area (Å²) < 4.78 is 0. The van der Waals surface area contributed by atoms with Crippen molar-refractivity contribution < 1.29 is 9.59 Å². The zero-order chi connectivity index (χ0) is 14.7. The number of nitrogens with two attached hydrogens (primary N) is 1. The van der Waals surface area contributed by atoms with Gasteiger partial charge in [-0.1, -0.05) is 13.8 Å². The minimum absolute atomic E-state index is 0.0410. The quantitative estimate of drug-likeness (QED) is 0.801. The molecule has 0 saturated carbocycles. The molecule has 108 valence electrons. The molecule has 1 aromatic heterocycles. The van der Waals surface area contributed by atoms with Gasteiger partial charge in [-0.25, -0.2) is 9.97 Å². The van der Waals surface area contributed by atoms with E-state index in [1.807, 2.05) is 13.8 Å². The largest absolute Gasteiger partial charge is 0.396 e. The molecule has 0 radical (unpaired) electrons. The zero-order valence-electron chi connectivity index (χ0n) is 11.7. The lowest BCUT2D eigenvalue weighted by Gasteiger charge is -2.19. The van der Waals surface area contributed by atoms with E-state index in [1.165, 1.54) is 11.1 Å². The van der Waals surface area contributed by atoms with Gasteiger partial charge in [0.1, 0.15) is 5.82 Å². The van der Waals surface area contributed by atoms with Crippen LogP contribution < -0.4 is 11.1 Å². The smallest absolute Gasteiger partial charge is 0.275 e. The third kappa shape index (κ3) is 3.04. The van der Waals surface area contributed by atoms with Gasteiger partial charge in [-0.2, -0.15) is 0 Å². The molecule has 0 unspecified atom stereocenters. The van der Waals surface area contributed by atoms with Crippen molar-refractivity contribution in [3.8, 4) is 0 Å². The number of anilines is 1. The van der Waals surface area contributed by atoms with E-state index in [1.54, 1.807) is 0 Å². The number of nitrogen functional groups attached to an aromatic ring is 1. The van der Waals surface area contributed by atoms with Gasteiger partial charge in [0.25, 0.3) is 5.91 Å². The number of aromatic nitrogens is 2. The Morgan fingerprint density at radius 1 is 1.50 bits per heavy atom. The fourth-order valence-corrected chi connectivity index (χ4v) is 1.98. The van der Waals surface area contributed by atoms with E-state index in [0.29, 0.717) is 18.9 Å². The molecular weight excluding hydrogens is 258 g/mol. The van der Waals surface area contributed by atoms with Gasteiger partial charge in [0.2, 0.25) is 5.91 Å². The first kappa shape index (κ1) is 14.2. The Labute approximate surface area is 117 Å². The maximum atomic E-state index is 12.5. The monoisotopic (exact) mass is 277 g/mol. The van der Waals surface area contributed by atoms with E-state index in [9.17, 15) is 9.59 Å². The van der Waals surface area contributed by atoms with Crippen LogP contribution in [0.4, 0.5) is 5.69 Å². The molecule has 1 aliphatic heterocycles. The lowest BCUT2D eigenvalue weighted by molar-refractivity contribution is -0.121. The molecule has 0 bridgehead atoms. The van der Waals surface area contributed by atoms with Crippen LogP contribution in [0.3, 0.4) is 0 Å². The van der Waals surface area contributed by atoms with Gasteiger partial charge in [-0.05, 0) is 6.42 Å². The topological polar surface area (TPSA) is 101 Å². The predicted octanol–water partition coefficient (Wildman–Crippen LogP) is 0.144. The van der Waals surface area contributed by atoms with Crippen molar-refractivity contribution in [3.05, 3.63) is 17.7 Å². The summed E-state index contributed by atoms with van der Waals surface area (Å²) in [5.41, 5.74) is 6.22. The highest BCUT2D eigenvalue weighted by molar-refractivity contribution is 5.98. The van der Waals surface area contributed by atoms with Crippen LogP contribution >= 0.6 is 0 Å². The molecule has 0 spiro atoms. The van der Waals surface area contributed by atoms with Crippen LogP contribution in [0.25, 0.3) is 0 Å². The molecular formula is C13H19N5O2. The molecule has 3 N–H and O–H groups in total. The predicted molar refractivity (Wildman–Crippen MR) is 74.1 cm³/mol. The lowest BCUT2D eigenvalue weighted by Crippen LogP contribution is -2.38. The van der Waals surface area contributed by atoms with Crippen LogP contribution in [0, 0.1) is 0 Å². The molecule has 7 heteroatoms. The second-order valence-corrected chi connectivity index (χ2v) is 5.12. The first-order valence-electron chi connectivity index (χ1n) is 6.67. The average Bonchev–Trinajstić information content (AvgIpc) is 2.63. The minimum atomic E-state index is -0.316. The summed E-state index contributed by atoms with van der Waals surface area (Å²) in [6.45, 7) is 5.02. The van der Waals surface area contributed by atoms with Gasteiger partial charge >= 0.3 is 0 Å². The zero-order valence-corrected chi connectivity index (χ0v) is 11.7. The van der Waals surface area contributed by atoms with Gasteiger partial charge in [-0.15, -0.1) is 0 Å². The van der Waals surface area contributed by atoms with Gasteiger partial charge in [0.15, 0.2) is 5.69 Å². The summed E-state index contributed by atoms with van der Waals surface area (Å²) in [6.07, 6.45) is 2.17. The normalized spacial score (nSPS) is 15.9. The van der Waals surface area contributed by atoms with E-state index < -0.39 is 0 Å². The maximum absolute atomic E-state index is 12.5. The molecule has 2 rings (SSSR count). The molecule has 20 heavy (non-hydrogen) atoms. The molecule has 0 aromatic carbocycles. The molecule has 0 atom stereocenters. The van der Waals surface area contributed by atoms with Crippen LogP contribution in [-0.2, 0) is 4.79 Å². The second-order valence-electron chi connectivity index (χ2n) is 5.12. The number of rotatable bonds is 2. The van der Waals surface area contributed by atoms with Gasteiger partial charge in [-0.3, -0.25) is 9.59 Å².